The van der Waals surface area contributed by atoms with E-state index in [1.54, 1.807) is 0 Å². The van der Waals surface area contributed by atoms with Crippen molar-refractivity contribution in [2.24, 2.45) is 11.8 Å². The van der Waals surface area contributed by atoms with Gasteiger partial charge in [0.2, 0.25) is 5.91 Å². The standard InChI is InChI=1S/C28H37N3O2/c1-19-6-10-23(11-7-19)26-21(3)28(33)22(4)27(24-12-8-20(2)9-13-24)31(26)25(32)18-30-16-14-29(5)15-17-30/h6-13,21-22,26-27H,14-18H2,1-5H3. The van der Waals surface area contributed by atoms with Crippen LogP contribution in [0.3, 0.4) is 0 Å². The lowest BCUT2D eigenvalue weighted by molar-refractivity contribution is -0.152. The maximum atomic E-state index is 14.0. The lowest BCUT2D eigenvalue weighted by Crippen LogP contribution is -2.55. The van der Waals surface area contributed by atoms with Gasteiger partial charge in [0.05, 0.1) is 18.6 Å². The third kappa shape index (κ3) is 4.90. The van der Waals surface area contributed by atoms with Crippen molar-refractivity contribution in [2.45, 2.75) is 39.8 Å². The highest BCUT2D eigenvalue weighted by Crippen LogP contribution is 2.46. The van der Waals surface area contributed by atoms with Crippen molar-refractivity contribution in [3.63, 3.8) is 0 Å². The molecule has 0 saturated carbocycles. The van der Waals surface area contributed by atoms with E-state index in [1.807, 2.05) is 18.7 Å². The first-order valence-corrected chi connectivity index (χ1v) is 12.1. The first kappa shape index (κ1) is 23.7. The molecule has 2 fully saturated rings. The number of rotatable bonds is 4. The number of amides is 1. The number of aryl methyl sites for hydroxylation is 2. The van der Waals surface area contributed by atoms with Gasteiger partial charge in [0.1, 0.15) is 5.78 Å². The Morgan fingerprint density at radius 1 is 0.788 bits per heavy atom. The Kier molecular flexibility index (Phi) is 7.01. The molecular weight excluding hydrogens is 410 g/mol. The van der Waals surface area contributed by atoms with Crippen molar-refractivity contribution >= 4 is 11.7 Å². The maximum Gasteiger partial charge on any atom is 0.237 e. The summed E-state index contributed by atoms with van der Waals surface area (Å²) in [5.74, 6) is -0.154. The van der Waals surface area contributed by atoms with Gasteiger partial charge < -0.3 is 9.80 Å². The molecule has 4 atom stereocenters. The Morgan fingerprint density at radius 3 is 1.64 bits per heavy atom. The normalized spacial score (nSPS) is 27.1. The van der Waals surface area contributed by atoms with E-state index in [0.29, 0.717) is 6.54 Å². The number of hydrogen-bond donors (Lipinski definition) is 0. The summed E-state index contributed by atoms with van der Waals surface area (Å²) in [6.07, 6.45) is 0. The zero-order chi connectivity index (χ0) is 23.7. The molecule has 0 aliphatic carbocycles. The van der Waals surface area contributed by atoms with Crippen LogP contribution in [0.25, 0.3) is 0 Å². The number of likely N-dealkylation sites (tertiary alicyclic amines) is 1. The summed E-state index contributed by atoms with van der Waals surface area (Å²) in [7, 11) is 2.12. The highest BCUT2D eigenvalue weighted by Gasteiger charge is 2.48. The Hall–Kier alpha value is -2.50. The smallest absolute Gasteiger partial charge is 0.237 e. The summed E-state index contributed by atoms with van der Waals surface area (Å²) in [4.78, 5) is 34.1. The van der Waals surface area contributed by atoms with Gasteiger partial charge in [0.25, 0.3) is 0 Å². The number of piperazine rings is 1. The molecule has 0 spiro atoms. The van der Waals surface area contributed by atoms with Crippen molar-refractivity contribution in [3.8, 4) is 0 Å². The quantitative estimate of drug-likeness (QED) is 0.710. The summed E-state index contributed by atoms with van der Waals surface area (Å²) < 4.78 is 0. The number of likely N-dealkylation sites (N-methyl/N-ethyl adjacent to an activating group) is 1. The Morgan fingerprint density at radius 2 is 1.21 bits per heavy atom. The highest BCUT2D eigenvalue weighted by molar-refractivity contribution is 5.89. The monoisotopic (exact) mass is 447 g/mol. The molecule has 2 saturated heterocycles. The summed E-state index contributed by atoms with van der Waals surface area (Å²) in [6, 6.07) is 16.1. The fourth-order valence-corrected chi connectivity index (χ4v) is 5.40. The van der Waals surface area contributed by atoms with E-state index in [-0.39, 0.29) is 35.6 Å². The number of carbonyl (C=O) groups excluding carboxylic acids is 2. The van der Waals surface area contributed by atoms with Crippen molar-refractivity contribution in [2.75, 3.05) is 39.8 Å². The van der Waals surface area contributed by atoms with Gasteiger partial charge in [-0.05, 0) is 32.0 Å². The largest absolute Gasteiger partial charge is 0.326 e. The Balaban J connectivity index is 1.75. The predicted molar refractivity (Wildman–Crippen MR) is 132 cm³/mol. The number of hydrogen-bond acceptors (Lipinski definition) is 4. The Bertz CT molecular complexity index is 916. The van der Waals surface area contributed by atoms with Crippen molar-refractivity contribution < 1.29 is 9.59 Å². The van der Waals surface area contributed by atoms with E-state index in [9.17, 15) is 9.59 Å². The van der Waals surface area contributed by atoms with Gasteiger partial charge in [-0.25, -0.2) is 0 Å². The van der Waals surface area contributed by atoms with Gasteiger partial charge in [-0.2, -0.15) is 0 Å². The number of ketones is 1. The zero-order valence-corrected chi connectivity index (χ0v) is 20.6. The lowest BCUT2D eigenvalue weighted by Gasteiger charge is -2.49. The van der Waals surface area contributed by atoms with Crippen LogP contribution in [-0.2, 0) is 9.59 Å². The van der Waals surface area contributed by atoms with Gasteiger partial charge in [-0.3, -0.25) is 14.5 Å². The van der Waals surface area contributed by atoms with Crippen molar-refractivity contribution in [3.05, 3.63) is 70.8 Å². The topological polar surface area (TPSA) is 43.9 Å². The minimum absolute atomic E-state index is 0.113. The molecule has 0 bridgehead atoms. The molecule has 2 aliphatic heterocycles. The van der Waals surface area contributed by atoms with Crippen molar-refractivity contribution in [1.82, 2.24) is 14.7 Å². The van der Waals surface area contributed by atoms with Gasteiger partial charge in [-0.1, -0.05) is 73.5 Å². The first-order chi connectivity index (χ1) is 15.8. The third-order valence-corrected chi connectivity index (χ3v) is 7.52. The van der Waals surface area contributed by atoms with Gasteiger partial charge >= 0.3 is 0 Å². The molecule has 0 radical (unpaired) electrons. The molecule has 2 aromatic rings. The molecule has 5 heteroatoms. The first-order valence-electron chi connectivity index (χ1n) is 12.1. The molecule has 5 nitrogen and oxygen atoms in total. The number of piperidine rings is 1. The number of Topliss-reactive ketones (excluding diaryl/α,β-unsaturated/α-hetero) is 1. The minimum atomic E-state index is -0.263. The molecule has 33 heavy (non-hydrogen) atoms. The summed E-state index contributed by atoms with van der Waals surface area (Å²) in [6.45, 7) is 12.2. The molecule has 1 amide bonds. The fraction of sp³-hybridized carbons (Fsp3) is 0.500. The SMILES string of the molecule is Cc1ccc(C2C(C)C(=O)C(C)C(c3ccc(C)cc3)N2C(=O)CN2CCN(C)CC2)cc1. The van der Waals surface area contributed by atoms with Crippen LogP contribution in [0.2, 0.25) is 0 Å². The van der Waals surface area contributed by atoms with Crippen LogP contribution in [0.4, 0.5) is 0 Å². The molecule has 176 valence electrons. The maximum absolute atomic E-state index is 14.0. The second-order valence-corrected chi connectivity index (χ2v) is 10.1. The third-order valence-electron chi connectivity index (χ3n) is 7.52. The van der Waals surface area contributed by atoms with Crippen LogP contribution in [0, 0.1) is 25.7 Å². The van der Waals surface area contributed by atoms with Crippen LogP contribution >= 0.6 is 0 Å². The molecule has 0 aromatic heterocycles. The molecule has 2 aliphatic rings. The van der Waals surface area contributed by atoms with Crippen LogP contribution in [0.1, 0.15) is 48.2 Å². The molecule has 4 rings (SSSR count). The lowest BCUT2D eigenvalue weighted by atomic mass is 9.74. The number of nitrogens with zero attached hydrogens (tertiary/aromatic N) is 3. The Labute approximate surface area is 198 Å². The second-order valence-electron chi connectivity index (χ2n) is 10.1. The van der Waals surface area contributed by atoms with E-state index in [0.717, 1.165) is 37.3 Å². The van der Waals surface area contributed by atoms with Crippen LogP contribution in [0.15, 0.2) is 48.5 Å². The molecule has 4 unspecified atom stereocenters. The number of benzene rings is 2. The minimum Gasteiger partial charge on any atom is -0.326 e. The van der Waals surface area contributed by atoms with Crippen LogP contribution in [0.5, 0.6) is 0 Å². The molecular formula is C28H37N3O2. The van der Waals surface area contributed by atoms with E-state index in [4.69, 9.17) is 0 Å². The van der Waals surface area contributed by atoms with Crippen LogP contribution in [-0.4, -0.2) is 66.2 Å². The van der Waals surface area contributed by atoms with Gasteiger partial charge in [-0.15, -0.1) is 0 Å². The second kappa shape index (κ2) is 9.78. The van der Waals surface area contributed by atoms with Crippen molar-refractivity contribution in [1.29, 1.82) is 0 Å². The van der Waals surface area contributed by atoms with Crippen LogP contribution < -0.4 is 0 Å². The average molecular weight is 448 g/mol. The van der Waals surface area contributed by atoms with E-state index >= 15 is 0 Å². The van der Waals surface area contributed by atoms with Gasteiger partial charge in [0.15, 0.2) is 0 Å². The van der Waals surface area contributed by atoms with Gasteiger partial charge in [0, 0.05) is 38.0 Å². The summed E-state index contributed by atoms with van der Waals surface area (Å²) in [5.41, 5.74) is 4.42. The molecule has 0 N–H and O–H groups in total. The van der Waals surface area contributed by atoms with E-state index in [2.05, 4.69) is 79.2 Å². The summed E-state index contributed by atoms with van der Waals surface area (Å²) >= 11 is 0. The van der Waals surface area contributed by atoms with E-state index < -0.39 is 0 Å². The summed E-state index contributed by atoms with van der Waals surface area (Å²) in [5, 5.41) is 0. The predicted octanol–water partition coefficient (Wildman–Crippen LogP) is 4.02. The highest BCUT2D eigenvalue weighted by atomic mass is 16.2. The zero-order valence-electron chi connectivity index (χ0n) is 20.6. The molecule has 2 aromatic carbocycles. The molecule has 2 heterocycles. The fourth-order valence-electron chi connectivity index (χ4n) is 5.40. The number of carbonyl (C=O) groups is 2. The average Bonchev–Trinajstić information content (AvgIpc) is 2.80. The van der Waals surface area contributed by atoms with E-state index in [1.165, 1.54) is 11.1 Å².